The Morgan fingerprint density at radius 2 is 1.94 bits per heavy atom. The Bertz CT molecular complexity index is 885. The number of cyclic esters (lactones) is 1. The van der Waals surface area contributed by atoms with Gasteiger partial charge >= 0.3 is 5.97 Å². The van der Waals surface area contributed by atoms with Crippen LogP contribution in [-0.4, -0.2) is 82.3 Å². The molecule has 0 saturated carbocycles. The molecule has 0 radical (unpaired) electrons. The molecule has 0 aromatic carbocycles. The second kappa shape index (κ2) is 10.4. The SMILES string of the molecule is CCCC(C)N1CC=C[C@]23O[C@@H]4/C=C\CCCOC(=O)[C@@H]4[C@H]2C(=O)N([C@@H](CO)CC(C)C)C3C1=O. The fourth-order valence-electron chi connectivity index (χ4n) is 6.39. The number of hydrogen-bond acceptors (Lipinski definition) is 6. The van der Waals surface area contributed by atoms with E-state index in [4.69, 9.17) is 9.47 Å². The number of aliphatic hydroxyl groups is 1. The van der Waals surface area contributed by atoms with Crippen molar-refractivity contribution in [3.63, 3.8) is 0 Å². The largest absolute Gasteiger partial charge is 0.465 e. The average Bonchev–Trinajstić information content (AvgIpc) is 3.22. The number of carbonyl (C=O) groups excluding carboxylic acids is 3. The molecule has 0 aliphatic carbocycles. The molecule has 4 rings (SSSR count). The highest BCUT2D eigenvalue weighted by Crippen LogP contribution is 2.54. The molecule has 8 nitrogen and oxygen atoms in total. The molecule has 35 heavy (non-hydrogen) atoms. The fraction of sp³-hybridized carbons (Fsp3) is 0.741. The van der Waals surface area contributed by atoms with Gasteiger partial charge in [0.15, 0.2) is 0 Å². The number of rotatable bonds is 7. The van der Waals surface area contributed by atoms with Crippen LogP contribution in [0, 0.1) is 17.8 Å². The van der Waals surface area contributed by atoms with Gasteiger partial charge in [0.05, 0.1) is 31.3 Å². The summed E-state index contributed by atoms with van der Waals surface area (Å²) in [6.07, 6.45) is 10.7. The van der Waals surface area contributed by atoms with Crippen molar-refractivity contribution < 1.29 is 29.0 Å². The molecule has 1 N–H and O–H groups in total. The topological polar surface area (TPSA) is 96.4 Å². The van der Waals surface area contributed by atoms with E-state index in [9.17, 15) is 19.5 Å². The Labute approximate surface area is 208 Å². The van der Waals surface area contributed by atoms with Crippen molar-refractivity contribution in [3.8, 4) is 0 Å². The minimum absolute atomic E-state index is 0.00979. The smallest absolute Gasteiger partial charge is 0.312 e. The van der Waals surface area contributed by atoms with Gasteiger partial charge in [-0.15, -0.1) is 0 Å². The summed E-state index contributed by atoms with van der Waals surface area (Å²) in [6, 6.07) is -1.49. The summed E-state index contributed by atoms with van der Waals surface area (Å²) in [6.45, 7) is 8.60. The highest BCUT2D eigenvalue weighted by Gasteiger charge is 2.72. The van der Waals surface area contributed by atoms with Gasteiger partial charge in [0, 0.05) is 12.6 Å². The predicted molar refractivity (Wildman–Crippen MR) is 130 cm³/mol. The van der Waals surface area contributed by atoms with Gasteiger partial charge in [0.1, 0.15) is 17.6 Å². The number of carbonyl (C=O) groups is 3. The Hall–Kier alpha value is -2.19. The summed E-state index contributed by atoms with van der Waals surface area (Å²) in [4.78, 5) is 45.0. The molecule has 4 aliphatic heterocycles. The lowest BCUT2D eigenvalue weighted by Crippen LogP contribution is -2.59. The van der Waals surface area contributed by atoms with Gasteiger partial charge < -0.3 is 24.4 Å². The third-order valence-electron chi connectivity index (χ3n) is 7.91. The van der Waals surface area contributed by atoms with Crippen LogP contribution in [0.3, 0.4) is 0 Å². The van der Waals surface area contributed by atoms with E-state index >= 15 is 0 Å². The van der Waals surface area contributed by atoms with Crippen LogP contribution in [-0.2, 0) is 23.9 Å². The molecule has 0 aromatic heterocycles. The predicted octanol–water partition coefficient (Wildman–Crippen LogP) is 2.45. The van der Waals surface area contributed by atoms with Crippen molar-refractivity contribution in [3.05, 3.63) is 24.3 Å². The van der Waals surface area contributed by atoms with Crippen molar-refractivity contribution in [1.82, 2.24) is 9.80 Å². The lowest BCUT2D eigenvalue weighted by Gasteiger charge is -2.40. The molecule has 0 bridgehead atoms. The normalized spacial score (nSPS) is 35.4. The van der Waals surface area contributed by atoms with E-state index in [1.165, 1.54) is 0 Å². The number of esters is 1. The first-order chi connectivity index (χ1) is 16.8. The van der Waals surface area contributed by atoms with E-state index < -0.39 is 41.6 Å². The van der Waals surface area contributed by atoms with Gasteiger partial charge in [-0.05, 0) is 38.5 Å². The zero-order valence-electron chi connectivity index (χ0n) is 21.4. The first kappa shape index (κ1) is 25.9. The van der Waals surface area contributed by atoms with Crippen LogP contribution >= 0.6 is 0 Å². The second-order valence-corrected chi connectivity index (χ2v) is 10.8. The number of allylic oxidation sites excluding steroid dienone is 1. The van der Waals surface area contributed by atoms with E-state index in [1.807, 2.05) is 50.0 Å². The summed E-state index contributed by atoms with van der Waals surface area (Å²) >= 11 is 0. The average molecular weight is 489 g/mol. The number of nitrogens with zero attached hydrogens (tertiary/aromatic N) is 2. The lowest BCUT2D eigenvalue weighted by atomic mass is 9.78. The number of ether oxygens (including phenoxy) is 2. The quantitative estimate of drug-likeness (QED) is 0.437. The van der Waals surface area contributed by atoms with E-state index in [0.29, 0.717) is 19.4 Å². The Kier molecular flexibility index (Phi) is 7.71. The number of aliphatic hydroxyl groups excluding tert-OH is 1. The Morgan fingerprint density at radius 3 is 2.63 bits per heavy atom. The van der Waals surface area contributed by atoms with Gasteiger partial charge in [0.2, 0.25) is 11.8 Å². The molecule has 2 unspecified atom stereocenters. The molecule has 194 valence electrons. The van der Waals surface area contributed by atoms with E-state index in [0.717, 1.165) is 19.3 Å². The summed E-state index contributed by atoms with van der Waals surface area (Å²) in [5.41, 5.74) is -1.28. The van der Waals surface area contributed by atoms with Crippen LogP contribution in [0.25, 0.3) is 0 Å². The van der Waals surface area contributed by atoms with Crippen LogP contribution in [0.1, 0.15) is 59.8 Å². The number of likely N-dealkylation sites (tertiary alicyclic amines) is 1. The van der Waals surface area contributed by atoms with Crippen molar-refractivity contribution in [2.24, 2.45) is 17.8 Å². The molecular weight excluding hydrogens is 448 g/mol. The third kappa shape index (κ3) is 4.44. The maximum absolute atomic E-state index is 14.2. The van der Waals surface area contributed by atoms with Crippen molar-refractivity contribution in [2.45, 2.75) is 89.6 Å². The zero-order valence-corrected chi connectivity index (χ0v) is 21.4. The van der Waals surface area contributed by atoms with Crippen molar-refractivity contribution >= 4 is 17.8 Å². The van der Waals surface area contributed by atoms with Crippen molar-refractivity contribution in [1.29, 1.82) is 0 Å². The van der Waals surface area contributed by atoms with E-state index in [1.54, 1.807) is 4.90 Å². The summed E-state index contributed by atoms with van der Waals surface area (Å²) in [5.74, 6) is -2.46. The summed E-state index contributed by atoms with van der Waals surface area (Å²) < 4.78 is 12.2. The van der Waals surface area contributed by atoms with Gasteiger partial charge in [-0.1, -0.05) is 51.5 Å². The summed E-state index contributed by atoms with van der Waals surface area (Å²) in [5, 5.41) is 10.3. The second-order valence-electron chi connectivity index (χ2n) is 10.8. The molecule has 4 aliphatic rings. The van der Waals surface area contributed by atoms with Gasteiger partial charge in [-0.3, -0.25) is 14.4 Å². The standard InChI is InChI=1S/C27H40N2O6/c1-5-10-18(4)28-13-9-12-27-22(21-20(35-27)11-7-6-8-14-34-26(21)33)24(31)29(23(27)25(28)32)19(16-30)15-17(2)3/h7,9,11-12,17-23,30H,5-6,8,10,13-16H2,1-4H3/b11-7-/t18?,19-,20-,21+,22+,23?,27+/m1/s1. The monoisotopic (exact) mass is 488 g/mol. The Balaban J connectivity index is 1.84. The first-order valence-corrected chi connectivity index (χ1v) is 13.2. The molecule has 2 fully saturated rings. The molecule has 7 atom stereocenters. The van der Waals surface area contributed by atoms with E-state index in [2.05, 4.69) is 6.92 Å². The van der Waals surface area contributed by atoms with Gasteiger partial charge in [0.25, 0.3) is 0 Å². The van der Waals surface area contributed by atoms with E-state index in [-0.39, 0.29) is 37.0 Å². The van der Waals surface area contributed by atoms with Crippen LogP contribution < -0.4 is 0 Å². The Morgan fingerprint density at radius 1 is 1.17 bits per heavy atom. The number of amides is 2. The molecule has 2 amide bonds. The maximum atomic E-state index is 14.2. The highest BCUT2D eigenvalue weighted by atomic mass is 16.6. The highest BCUT2D eigenvalue weighted by molar-refractivity contribution is 5.99. The molecule has 8 heteroatoms. The summed E-state index contributed by atoms with van der Waals surface area (Å²) in [7, 11) is 0. The first-order valence-electron chi connectivity index (χ1n) is 13.2. The zero-order chi connectivity index (χ0) is 25.3. The molecular formula is C27H40N2O6. The minimum atomic E-state index is -1.28. The van der Waals surface area contributed by atoms with Crippen molar-refractivity contribution in [2.75, 3.05) is 19.8 Å². The number of fused-ring (bicyclic) bond motifs is 2. The van der Waals surface area contributed by atoms with Crippen LogP contribution in [0.2, 0.25) is 0 Å². The van der Waals surface area contributed by atoms with Crippen LogP contribution in [0.5, 0.6) is 0 Å². The minimum Gasteiger partial charge on any atom is -0.465 e. The number of hydrogen-bond donors (Lipinski definition) is 1. The maximum Gasteiger partial charge on any atom is 0.312 e. The molecule has 0 aromatic rings. The molecule has 1 spiro atoms. The lowest BCUT2D eigenvalue weighted by molar-refractivity contribution is -0.156. The van der Waals surface area contributed by atoms with Gasteiger partial charge in [-0.2, -0.15) is 0 Å². The van der Waals surface area contributed by atoms with Gasteiger partial charge in [-0.25, -0.2) is 0 Å². The van der Waals surface area contributed by atoms with Crippen LogP contribution in [0.15, 0.2) is 24.3 Å². The van der Waals surface area contributed by atoms with Crippen LogP contribution in [0.4, 0.5) is 0 Å². The fourth-order valence-corrected chi connectivity index (χ4v) is 6.39. The molecule has 2 saturated heterocycles. The third-order valence-corrected chi connectivity index (χ3v) is 7.91. The molecule has 4 heterocycles.